The normalized spacial score (nSPS) is 14.5. The quantitative estimate of drug-likeness (QED) is 0.327. The SMILES string of the molecule is Cc1ccc(C)c(NC(=O)COc2ccc(Br)cc2/C=C2\C(=O)NC(=O)N(c3ccc(F)cc3)C2=O)c1. The molecule has 0 unspecified atom stereocenters. The molecule has 0 atom stereocenters. The van der Waals surface area contributed by atoms with Crippen LogP contribution >= 0.6 is 15.9 Å². The van der Waals surface area contributed by atoms with Crippen molar-refractivity contribution in [2.24, 2.45) is 0 Å². The van der Waals surface area contributed by atoms with E-state index in [-0.39, 0.29) is 23.6 Å². The van der Waals surface area contributed by atoms with Crippen molar-refractivity contribution >= 4 is 57.1 Å². The molecule has 1 heterocycles. The average molecular weight is 566 g/mol. The molecule has 1 saturated heterocycles. The second-order valence-electron chi connectivity index (χ2n) is 8.27. The molecule has 8 nitrogen and oxygen atoms in total. The molecule has 0 aromatic heterocycles. The molecule has 1 fully saturated rings. The van der Waals surface area contributed by atoms with E-state index in [2.05, 4.69) is 26.6 Å². The van der Waals surface area contributed by atoms with Crippen LogP contribution < -0.4 is 20.3 Å². The predicted octanol–water partition coefficient (Wildman–Crippen LogP) is 4.89. The Morgan fingerprint density at radius 3 is 2.51 bits per heavy atom. The second-order valence-corrected chi connectivity index (χ2v) is 9.19. The minimum atomic E-state index is -0.951. The summed E-state index contributed by atoms with van der Waals surface area (Å²) in [5.41, 5.74) is 2.63. The van der Waals surface area contributed by atoms with Gasteiger partial charge >= 0.3 is 6.03 Å². The van der Waals surface area contributed by atoms with Crippen molar-refractivity contribution in [3.8, 4) is 5.75 Å². The van der Waals surface area contributed by atoms with Crippen LogP contribution in [0.1, 0.15) is 16.7 Å². The van der Waals surface area contributed by atoms with E-state index in [1.807, 2.05) is 32.0 Å². The van der Waals surface area contributed by atoms with Crippen LogP contribution in [-0.2, 0) is 14.4 Å². The number of amides is 5. The van der Waals surface area contributed by atoms with Crippen LogP contribution in [0.3, 0.4) is 0 Å². The largest absolute Gasteiger partial charge is 0.483 e. The number of halogens is 2. The molecule has 1 aliphatic rings. The number of anilines is 2. The fourth-order valence-electron chi connectivity index (χ4n) is 3.60. The molecule has 10 heteroatoms. The van der Waals surface area contributed by atoms with Gasteiger partial charge in [0.25, 0.3) is 17.7 Å². The summed E-state index contributed by atoms with van der Waals surface area (Å²) in [6, 6.07) is 14.3. The summed E-state index contributed by atoms with van der Waals surface area (Å²) in [5, 5.41) is 4.92. The molecule has 1 aliphatic heterocycles. The topological polar surface area (TPSA) is 105 Å². The first-order valence-electron chi connectivity index (χ1n) is 11.1. The number of carbonyl (C=O) groups excluding carboxylic acids is 4. The lowest BCUT2D eigenvalue weighted by atomic mass is 10.1. The van der Waals surface area contributed by atoms with Crippen LogP contribution in [0.4, 0.5) is 20.6 Å². The number of imide groups is 2. The molecule has 37 heavy (non-hydrogen) atoms. The second kappa shape index (κ2) is 10.8. The van der Waals surface area contributed by atoms with Gasteiger partial charge in [-0.1, -0.05) is 28.1 Å². The summed E-state index contributed by atoms with van der Waals surface area (Å²) in [5.74, 6) is -2.49. The van der Waals surface area contributed by atoms with Gasteiger partial charge in [0.05, 0.1) is 5.69 Å². The standard InChI is InChI=1S/C27H21BrFN3O5/c1-15-3-4-16(2)22(11-15)30-24(33)14-37-23-10-5-18(28)12-17(23)13-21-25(34)31-27(36)32(26(21)35)20-8-6-19(29)7-9-20/h3-13H,14H2,1-2H3,(H,30,33)(H,31,34,36)/b21-13+. The Bertz CT molecular complexity index is 1450. The van der Waals surface area contributed by atoms with Crippen LogP contribution in [0.15, 0.2) is 70.7 Å². The third kappa shape index (κ3) is 5.92. The first-order chi connectivity index (χ1) is 17.6. The summed E-state index contributed by atoms with van der Waals surface area (Å²) in [7, 11) is 0. The number of urea groups is 1. The molecule has 0 saturated carbocycles. The summed E-state index contributed by atoms with van der Waals surface area (Å²) in [4.78, 5) is 51.3. The van der Waals surface area contributed by atoms with Crippen molar-refractivity contribution in [3.63, 3.8) is 0 Å². The van der Waals surface area contributed by atoms with Gasteiger partial charge in [-0.2, -0.15) is 0 Å². The fraction of sp³-hybridized carbons (Fsp3) is 0.111. The fourth-order valence-corrected chi connectivity index (χ4v) is 3.98. The summed E-state index contributed by atoms with van der Waals surface area (Å²) >= 11 is 3.35. The smallest absolute Gasteiger partial charge is 0.335 e. The predicted molar refractivity (Wildman–Crippen MR) is 140 cm³/mol. The van der Waals surface area contributed by atoms with E-state index in [9.17, 15) is 23.6 Å². The minimum Gasteiger partial charge on any atom is -0.483 e. The Labute approximate surface area is 220 Å². The number of hydrogen-bond donors (Lipinski definition) is 2. The minimum absolute atomic E-state index is 0.0936. The summed E-state index contributed by atoms with van der Waals surface area (Å²) in [6.45, 7) is 3.47. The third-order valence-electron chi connectivity index (χ3n) is 5.48. The molecule has 0 bridgehead atoms. The zero-order valence-corrected chi connectivity index (χ0v) is 21.4. The Morgan fingerprint density at radius 2 is 1.78 bits per heavy atom. The molecule has 0 radical (unpaired) electrons. The highest BCUT2D eigenvalue weighted by Gasteiger charge is 2.37. The first kappa shape index (κ1) is 25.8. The molecular weight excluding hydrogens is 545 g/mol. The number of carbonyl (C=O) groups is 4. The molecule has 2 N–H and O–H groups in total. The average Bonchev–Trinajstić information content (AvgIpc) is 2.84. The molecule has 0 aliphatic carbocycles. The zero-order chi connectivity index (χ0) is 26.7. The van der Waals surface area contributed by atoms with E-state index in [4.69, 9.17) is 4.74 Å². The van der Waals surface area contributed by atoms with E-state index in [1.54, 1.807) is 18.2 Å². The molecule has 188 valence electrons. The molecule has 5 amide bonds. The highest BCUT2D eigenvalue weighted by atomic mass is 79.9. The van der Waals surface area contributed by atoms with Crippen molar-refractivity contribution in [1.82, 2.24) is 5.32 Å². The maximum atomic E-state index is 13.3. The van der Waals surface area contributed by atoms with Gasteiger partial charge < -0.3 is 10.1 Å². The summed E-state index contributed by atoms with van der Waals surface area (Å²) < 4.78 is 19.7. The lowest BCUT2D eigenvalue weighted by Gasteiger charge is -2.26. The number of hydrogen-bond acceptors (Lipinski definition) is 5. The monoisotopic (exact) mass is 565 g/mol. The number of benzene rings is 3. The van der Waals surface area contributed by atoms with Gasteiger partial charge in [-0.15, -0.1) is 0 Å². The van der Waals surface area contributed by atoms with E-state index in [0.717, 1.165) is 28.2 Å². The van der Waals surface area contributed by atoms with E-state index >= 15 is 0 Å². The number of aryl methyl sites for hydroxylation is 2. The van der Waals surface area contributed by atoms with Gasteiger partial charge in [0, 0.05) is 15.7 Å². The van der Waals surface area contributed by atoms with Gasteiger partial charge in [-0.25, -0.2) is 14.1 Å². The van der Waals surface area contributed by atoms with Crippen molar-refractivity contribution in [2.75, 3.05) is 16.8 Å². The number of nitrogens with one attached hydrogen (secondary N) is 2. The number of nitrogens with zero attached hydrogens (tertiary/aromatic N) is 1. The van der Waals surface area contributed by atoms with Gasteiger partial charge in [-0.3, -0.25) is 19.7 Å². The highest BCUT2D eigenvalue weighted by molar-refractivity contribution is 9.10. The Kier molecular flexibility index (Phi) is 7.49. The summed E-state index contributed by atoms with van der Waals surface area (Å²) in [6.07, 6.45) is 1.27. The van der Waals surface area contributed by atoms with E-state index in [1.165, 1.54) is 18.2 Å². The van der Waals surface area contributed by atoms with E-state index in [0.29, 0.717) is 15.7 Å². The van der Waals surface area contributed by atoms with Crippen molar-refractivity contribution in [3.05, 3.63) is 93.2 Å². The van der Waals surface area contributed by atoms with Gasteiger partial charge in [0.2, 0.25) is 0 Å². The maximum absolute atomic E-state index is 13.3. The Morgan fingerprint density at radius 1 is 1.05 bits per heavy atom. The van der Waals surface area contributed by atoms with Crippen LogP contribution in [0.5, 0.6) is 5.75 Å². The van der Waals surface area contributed by atoms with Crippen LogP contribution in [0.2, 0.25) is 0 Å². The van der Waals surface area contributed by atoms with Crippen LogP contribution in [0.25, 0.3) is 6.08 Å². The van der Waals surface area contributed by atoms with Crippen molar-refractivity contribution < 1.29 is 28.3 Å². The van der Waals surface area contributed by atoms with Crippen molar-refractivity contribution in [2.45, 2.75) is 13.8 Å². The molecule has 4 rings (SSSR count). The number of barbiturate groups is 1. The Hall–Kier alpha value is -4.31. The highest BCUT2D eigenvalue weighted by Crippen LogP contribution is 2.28. The zero-order valence-electron chi connectivity index (χ0n) is 19.8. The first-order valence-corrected chi connectivity index (χ1v) is 11.9. The number of ether oxygens (including phenoxy) is 1. The Balaban J connectivity index is 1.58. The molecule has 0 spiro atoms. The van der Waals surface area contributed by atoms with Gasteiger partial charge in [0.15, 0.2) is 6.61 Å². The molecule has 3 aromatic rings. The lowest BCUT2D eigenvalue weighted by molar-refractivity contribution is -0.122. The van der Waals surface area contributed by atoms with Gasteiger partial charge in [0.1, 0.15) is 17.1 Å². The van der Waals surface area contributed by atoms with Crippen LogP contribution in [-0.4, -0.2) is 30.4 Å². The van der Waals surface area contributed by atoms with Crippen LogP contribution in [0, 0.1) is 19.7 Å². The third-order valence-corrected chi connectivity index (χ3v) is 5.98. The lowest BCUT2D eigenvalue weighted by Crippen LogP contribution is -2.54. The number of rotatable bonds is 6. The maximum Gasteiger partial charge on any atom is 0.335 e. The van der Waals surface area contributed by atoms with Crippen molar-refractivity contribution in [1.29, 1.82) is 0 Å². The van der Waals surface area contributed by atoms with Gasteiger partial charge in [-0.05, 0) is 79.6 Å². The van der Waals surface area contributed by atoms with E-state index < -0.39 is 29.6 Å². The molecular formula is C27H21BrFN3O5. The molecule has 3 aromatic carbocycles.